The molecule has 11 aromatic rings. The van der Waals surface area contributed by atoms with Crippen molar-refractivity contribution in [3.05, 3.63) is 176 Å². The Morgan fingerprint density at radius 2 is 1.04 bits per heavy atom. The standard InChI is InChI=1S/C48H29NO2S/c1-3-12-30(13-4-1)34-18-11-21-45-46(34)39-28-32(23-27-44(39)52-45)49(33-22-24-37-36-16-7-9-19-41(36)50-43(37)29-33)40-26-25-35(31-14-5-2-6-15-31)48-47(40)38-17-8-10-20-42(38)51-48/h1-29H. The summed E-state index contributed by atoms with van der Waals surface area (Å²) in [6.07, 6.45) is 0. The molecule has 52 heavy (non-hydrogen) atoms. The van der Waals surface area contributed by atoms with Gasteiger partial charge in [-0.25, -0.2) is 0 Å². The molecule has 0 spiro atoms. The first-order valence-electron chi connectivity index (χ1n) is 17.5. The first kappa shape index (κ1) is 29.1. The van der Waals surface area contributed by atoms with Crippen LogP contribution >= 0.6 is 11.3 Å². The van der Waals surface area contributed by atoms with Crippen molar-refractivity contribution >= 4 is 92.4 Å². The van der Waals surface area contributed by atoms with Crippen LogP contribution in [0.4, 0.5) is 17.1 Å². The summed E-state index contributed by atoms with van der Waals surface area (Å²) in [7, 11) is 0. The molecule has 0 aliphatic rings. The Bertz CT molecular complexity index is 3130. The number of fused-ring (bicyclic) bond motifs is 9. The van der Waals surface area contributed by atoms with Gasteiger partial charge in [-0.05, 0) is 77.4 Å². The summed E-state index contributed by atoms with van der Waals surface area (Å²) in [5.41, 5.74) is 11.2. The summed E-state index contributed by atoms with van der Waals surface area (Å²) in [5.74, 6) is 0. The highest BCUT2D eigenvalue weighted by Crippen LogP contribution is 2.49. The summed E-state index contributed by atoms with van der Waals surface area (Å²) >= 11 is 1.84. The van der Waals surface area contributed by atoms with E-state index in [-0.39, 0.29) is 0 Å². The highest BCUT2D eigenvalue weighted by atomic mass is 32.1. The maximum atomic E-state index is 6.75. The van der Waals surface area contributed by atoms with Crippen LogP contribution in [0.25, 0.3) is 86.3 Å². The molecule has 0 aliphatic carbocycles. The predicted molar refractivity (Wildman–Crippen MR) is 219 cm³/mol. The maximum Gasteiger partial charge on any atom is 0.145 e. The quantitative estimate of drug-likeness (QED) is 0.181. The second kappa shape index (κ2) is 11.5. The second-order valence-corrected chi connectivity index (χ2v) is 14.3. The van der Waals surface area contributed by atoms with Gasteiger partial charge in [-0.2, -0.15) is 0 Å². The van der Waals surface area contributed by atoms with E-state index in [9.17, 15) is 0 Å². The molecule has 0 atom stereocenters. The summed E-state index contributed by atoms with van der Waals surface area (Å²) in [6.45, 7) is 0. The van der Waals surface area contributed by atoms with Crippen LogP contribution in [0.1, 0.15) is 0 Å². The smallest absolute Gasteiger partial charge is 0.145 e. The van der Waals surface area contributed by atoms with Crippen molar-refractivity contribution in [2.24, 2.45) is 0 Å². The zero-order valence-corrected chi connectivity index (χ0v) is 28.7. The number of para-hydroxylation sites is 2. The molecule has 0 aliphatic heterocycles. The molecule has 0 saturated carbocycles. The number of thiophene rings is 1. The van der Waals surface area contributed by atoms with Crippen molar-refractivity contribution in [3.8, 4) is 22.3 Å². The van der Waals surface area contributed by atoms with Crippen LogP contribution in [0.3, 0.4) is 0 Å². The van der Waals surface area contributed by atoms with Gasteiger partial charge in [0.25, 0.3) is 0 Å². The van der Waals surface area contributed by atoms with Gasteiger partial charge in [-0.1, -0.05) is 109 Å². The molecular weight excluding hydrogens is 655 g/mol. The maximum absolute atomic E-state index is 6.75. The van der Waals surface area contributed by atoms with Gasteiger partial charge in [0.2, 0.25) is 0 Å². The van der Waals surface area contributed by atoms with Gasteiger partial charge in [0.1, 0.15) is 22.3 Å². The fraction of sp³-hybridized carbons (Fsp3) is 0. The monoisotopic (exact) mass is 683 g/mol. The second-order valence-electron chi connectivity index (χ2n) is 13.2. The number of hydrogen-bond donors (Lipinski definition) is 0. The van der Waals surface area contributed by atoms with Crippen LogP contribution in [0.2, 0.25) is 0 Å². The van der Waals surface area contributed by atoms with Crippen LogP contribution in [-0.4, -0.2) is 0 Å². The number of rotatable bonds is 5. The summed E-state index contributed by atoms with van der Waals surface area (Å²) in [4.78, 5) is 2.37. The van der Waals surface area contributed by atoms with Crippen molar-refractivity contribution < 1.29 is 8.83 Å². The first-order valence-corrected chi connectivity index (χ1v) is 18.3. The Hall–Kier alpha value is -6.62. The third-order valence-corrected chi connectivity index (χ3v) is 11.4. The largest absolute Gasteiger partial charge is 0.456 e. The summed E-state index contributed by atoms with van der Waals surface area (Å²) in [6, 6.07) is 62.4. The Balaban J connectivity index is 1.22. The molecule has 11 rings (SSSR count). The lowest BCUT2D eigenvalue weighted by Crippen LogP contribution is -2.10. The van der Waals surface area contributed by atoms with Gasteiger partial charge >= 0.3 is 0 Å². The minimum atomic E-state index is 0.853. The molecule has 0 fully saturated rings. The Kier molecular flexibility index (Phi) is 6.42. The summed E-state index contributed by atoms with van der Waals surface area (Å²) in [5, 5.41) is 6.88. The van der Waals surface area contributed by atoms with Gasteiger partial charge in [-0.3, -0.25) is 0 Å². The average molecular weight is 684 g/mol. The van der Waals surface area contributed by atoms with Crippen LogP contribution in [-0.2, 0) is 0 Å². The summed E-state index contributed by atoms with van der Waals surface area (Å²) < 4.78 is 15.8. The molecule has 3 heterocycles. The topological polar surface area (TPSA) is 29.5 Å². The predicted octanol–water partition coefficient (Wildman–Crippen LogP) is 14.7. The van der Waals surface area contributed by atoms with E-state index in [0.29, 0.717) is 0 Å². The van der Waals surface area contributed by atoms with E-state index in [4.69, 9.17) is 8.83 Å². The molecule has 244 valence electrons. The molecule has 4 heteroatoms. The Labute approximate surface area is 303 Å². The molecule has 3 aromatic heterocycles. The molecule has 0 radical (unpaired) electrons. The molecular formula is C48H29NO2S. The minimum Gasteiger partial charge on any atom is -0.456 e. The van der Waals surface area contributed by atoms with E-state index in [1.165, 1.54) is 31.3 Å². The third-order valence-electron chi connectivity index (χ3n) is 10.3. The first-order chi connectivity index (χ1) is 25.8. The van der Waals surface area contributed by atoms with E-state index < -0.39 is 0 Å². The zero-order valence-electron chi connectivity index (χ0n) is 27.9. The third kappa shape index (κ3) is 4.45. The van der Waals surface area contributed by atoms with Gasteiger partial charge in [0, 0.05) is 59.3 Å². The molecule has 8 aromatic carbocycles. The van der Waals surface area contributed by atoms with E-state index in [2.05, 4.69) is 163 Å². The van der Waals surface area contributed by atoms with E-state index in [0.717, 1.165) is 72.1 Å². The molecule has 0 saturated heterocycles. The lowest BCUT2D eigenvalue weighted by molar-refractivity contribution is 0.669. The van der Waals surface area contributed by atoms with Crippen LogP contribution < -0.4 is 4.90 Å². The van der Waals surface area contributed by atoms with Gasteiger partial charge in [-0.15, -0.1) is 11.3 Å². The Morgan fingerprint density at radius 3 is 1.85 bits per heavy atom. The Morgan fingerprint density at radius 1 is 0.385 bits per heavy atom. The van der Waals surface area contributed by atoms with Crippen LogP contribution in [0.5, 0.6) is 0 Å². The van der Waals surface area contributed by atoms with E-state index in [1.54, 1.807) is 0 Å². The van der Waals surface area contributed by atoms with Gasteiger partial charge in [0.05, 0.1) is 11.1 Å². The zero-order chi connectivity index (χ0) is 34.2. The van der Waals surface area contributed by atoms with E-state index >= 15 is 0 Å². The normalized spacial score (nSPS) is 11.8. The molecule has 3 nitrogen and oxygen atoms in total. The van der Waals surface area contributed by atoms with Crippen LogP contribution in [0.15, 0.2) is 185 Å². The fourth-order valence-electron chi connectivity index (χ4n) is 7.94. The average Bonchev–Trinajstić information content (AvgIpc) is 3.90. The van der Waals surface area contributed by atoms with Crippen LogP contribution in [0, 0.1) is 0 Å². The SMILES string of the molecule is c1ccc(-c2ccc(N(c3ccc4c(c3)oc3ccccc34)c3ccc4sc5cccc(-c6ccccc6)c5c4c3)c3c2oc2ccccc23)cc1. The fourth-order valence-corrected chi connectivity index (χ4v) is 9.05. The number of anilines is 3. The number of nitrogens with zero attached hydrogens (tertiary/aromatic N) is 1. The number of furan rings is 2. The van der Waals surface area contributed by atoms with Crippen molar-refractivity contribution in [1.29, 1.82) is 0 Å². The van der Waals surface area contributed by atoms with Crippen molar-refractivity contribution in [1.82, 2.24) is 0 Å². The lowest BCUT2D eigenvalue weighted by Gasteiger charge is -2.27. The van der Waals surface area contributed by atoms with Gasteiger partial charge < -0.3 is 13.7 Å². The highest BCUT2D eigenvalue weighted by molar-refractivity contribution is 7.26. The van der Waals surface area contributed by atoms with Crippen molar-refractivity contribution in [3.63, 3.8) is 0 Å². The number of hydrogen-bond acceptors (Lipinski definition) is 4. The minimum absolute atomic E-state index is 0.853. The van der Waals surface area contributed by atoms with Crippen molar-refractivity contribution in [2.45, 2.75) is 0 Å². The molecule has 0 amide bonds. The van der Waals surface area contributed by atoms with E-state index in [1.807, 2.05) is 29.5 Å². The highest BCUT2D eigenvalue weighted by Gasteiger charge is 2.24. The number of benzene rings is 8. The molecule has 0 bridgehead atoms. The lowest BCUT2D eigenvalue weighted by atomic mass is 9.98. The van der Waals surface area contributed by atoms with Gasteiger partial charge in [0.15, 0.2) is 0 Å². The molecule has 0 unspecified atom stereocenters. The van der Waals surface area contributed by atoms with Crippen molar-refractivity contribution in [2.75, 3.05) is 4.90 Å². The molecule has 0 N–H and O–H groups in total.